The maximum Gasteiger partial charge on any atom is 0.317 e. The van der Waals surface area contributed by atoms with Gasteiger partial charge in [-0.1, -0.05) is 60.7 Å². The Morgan fingerprint density at radius 3 is 1.99 bits per heavy atom. The lowest BCUT2D eigenvalue weighted by Crippen LogP contribution is -2.41. The van der Waals surface area contributed by atoms with Gasteiger partial charge in [-0.2, -0.15) is 0 Å². The Bertz CT molecular complexity index is 3340. The van der Waals surface area contributed by atoms with Gasteiger partial charge in [0.25, 0.3) is 5.69 Å². The highest BCUT2D eigenvalue weighted by Crippen LogP contribution is 2.42. The summed E-state index contributed by atoms with van der Waals surface area (Å²) in [6.45, 7) is 2.61. The van der Waals surface area contributed by atoms with Crippen LogP contribution in [0.5, 0.6) is 46.0 Å². The third kappa shape index (κ3) is 11.7. The first-order valence-electron chi connectivity index (χ1n) is 23.7. The first-order chi connectivity index (χ1) is 35.9. The number of carbonyl (C=O) groups excluding carboxylic acids is 2. The number of carbonyl (C=O) groups is 2. The molecular weight excluding hydrogens is 955 g/mol. The molecule has 2 amide bonds. The fraction of sp³-hybridized carbons (Fsp3) is 0.214. The first kappa shape index (κ1) is 50.1. The minimum Gasteiger partial charge on any atom is -0.493 e. The van der Waals surface area contributed by atoms with Crippen LogP contribution in [0.3, 0.4) is 0 Å². The van der Waals surface area contributed by atoms with Crippen molar-refractivity contribution >= 4 is 50.8 Å². The summed E-state index contributed by atoms with van der Waals surface area (Å²) in [5, 5.41) is 14.8. The lowest BCUT2D eigenvalue weighted by Gasteiger charge is -2.28. The van der Waals surface area contributed by atoms with Gasteiger partial charge in [0.1, 0.15) is 23.9 Å². The van der Waals surface area contributed by atoms with Crippen molar-refractivity contribution in [2.45, 2.75) is 25.9 Å². The van der Waals surface area contributed by atoms with Crippen LogP contribution in [0.1, 0.15) is 24.0 Å². The Labute approximate surface area is 424 Å². The number of nitro benzene ring substituents is 1. The zero-order valence-corrected chi connectivity index (χ0v) is 40.6. The van der Waals surface area contributed by atoms with E-state index in [1.165, 1.54) is 38.6 Å². The average molecular weight is 1010 g/mol. The van der Waals surface area contributed by atoms with Crippen LogP contribution in [0.2, 0.25) is 0 Å². The summed E-state index contributed by atoms with van der Waals surface area (Å²) in [5.74, 6) is -2.55. The molecule has 0 unspecified atom stereocenters. The van der Waals surface area contributed by atoms with Crippen molar-refractivity contribution in [3.05, 3.63) is 173 Å². The summed E-state index contributed by atoms with van der Waals surface area (Å²) in [5.41, 5.74) is 1.87. The molecule has 0 aliphatic carbocycles. The quantitative estimate of drug-likeness (QED) is 0.0488. The van der Waals surface area contributed by atoms with Crippen LogP contribution in [-0.4, -0.2) is 79.1 Å². The smallest absolute Gasteiger partial charge is 0.317 e. The van der Waals surface area contributed by atoms with E-state index in [1.807, 2.05) is 60.7 Å². The number of rotatable bonds is 18. The molecule has 1 saturated heterocycles. The largest absolute Gasteiger partial charge is 0.493 e. The number of amides is 2. The van der Waals surface area contributed by atoms with Crippen molar-refractivity contribution in [1.29, 1.82) is 0 Å². The molecule has 0 radical (unpaired) electrons. The molecule has 0 atom stereocenters. The van der Waals surface area contributed by atoms with Gasteiger partial charge in [0.2, 0.25) is 0 Å². The number of pyridine rings is 2. The van der Waals surface area contributed by atoms with Crippen LogP contribution in [0.4, 0.5) is 26.0 Å². The number of hydrogen-bond donors (Lipinski definition) is 1. The number of likely N-dealkylation sites (tertiary alicyclic amines) is 1. The van der Waals surface area contributed by atoms with E-state index in [0.717, 1.165) is 66.2 Å². The molecule has 1 N–H and O–H groups in total. The molecule has 74 heavy (non-hydrogen) atoms. The molecule has 9 rings (SSSR count). The molecule has 18 heteroatoms. The van der Waals surface area contributed by atoms with Gasteiger partial charge in [0.05, 0.1) is 42.8 Å². The highest BCUT2D eigenvalue weighted by atomic mass is 19.1. The second-order valence-electron chi connectivity index (χ2n) is 17.5. The Hall–Kier alpha value is -8.90. The first-order valence-corrected chi connectivity index (χ1v) is 23.7. The molecule has 378 valence electrons. The summed E-state index contributed by atoms with van der Waals surface area (Å²) in [7, 11) is 5.08. The molecule has 6 aromatic carbocycles. The van der Waals surface area contributed by atoms with E-state index in [4.69, 9.17) is 33.4 Å². The molecule has 8 aromatic rings. The van der Waals surface area contributed by atoms with Crippen molar-refractivity contribution in [3.63, 3.8) is 0 Å². The van der Waals surface area contributed by atoms with Gasteiger partial charge in [-0.3, -0.25) is 29.6 Å². The van der Waals surface area contributed by atoms with Crippen molar-refractivity contribution in [3.8, 4) is 46.0 Å². The predicted molar refractivity (Wildman–Crippen MR) is 274 cm³/mol. The Kier molecular flexibility index (Phi) is 15.3. The number of non-ortho nitro benzene ring substituents is 1. The third-order valence-electron chi connectivity index (χ3n) is 12.5. The van der Waals surface area contributed by atoms with E-state index < -0.39 is 34.1 Å². The van der Waals surface area contributed by atoms with Gasteiger partial charge in [-0.05, 0) is 92.8 Å². The van der Waals surface area contributed by atoms with Gasteiger partial charge in [-0.25, -0.2) is 13.8 Å². The summed E-state index contributed by atoms with van der Waals surface area (Å²) < 4.78 is 67.4. The Morgan fingerprint density at radius 1 is 0.703 bits per heavy atom. The number of ether oxygens (including phenoxy) is 6. The number of nitrogens with zero attached hydrogens (tertiary/aromatic N) is 5. The predicted octanol–water partition coefficient (Wildman–Crippen LogP) is 11.1. The van der Waals surface area contributed by atoms with E-state index >= 15 is 8.78 Å². The maximum atomic E-state index is 16.0. The molecule has 3 heterocycles. The van der Waals surface area contributed by atoms with E-state index in [9.17, 15) is 19.7 Å². The second kappa shape index (κ2) is 22.7. The molecule has 0 spiro atoms. The molecule has 0 bridgehead atoms. The monoisotopic (exact) mass is 1000 g/mol. The summed E-state index contributed by atoms with van der Waals surface area (Å²) in [4.78, 5) is 52.0. The highest BCUT2D eigenvalue weighted by Gasteiger charge is 2.28. The maximum absolute atomic E-state index is 16.0. The molecule has 1 aliphatic heterocycles. The number of anilines is 2. The standard InChI is InChI=1S/C56H50F2N6O10/c1-62-23-19-37(20-24-62)34-72-52-30-44-40(28-50(52)69-2)46(18-22-59-44)73-47-16-14-38(26-42(47)57)60-55(65)56(66)63(25-21-35-10-6-4-7-11-35)54-32-49(74-48-17-15-39(64(67)68)27-43(48)58)41-29-51(70-3)53(31-45(41)61-54)71-33-36-12-8-5-9-13-36/h4-18,22,26-32,37H,19-21,23-25,33-34H2,1-3H3,(H,60,65). The Morgan fingerprint density at radius 2 is 1.32 bits per heavy atom. The van der Waals surface area contributed by atoms with Crippen LogP contribution in [0, 0.1) is 27.7 Å². The third-order valence-corrected chi connectivity index (χ3v) is 12.5. The van der Waals surface area contributed by atoms with Crippen molar-refractivity contribution in [1.82, 2.24) is 14.9 Å². The van der Waals surface area contributed by atoms with Crippen molar-refractivity contribution in [2.75, 3.05) is 57.7 Å². The summed E-state index contributed by atoms with van der Waals surface area (Å²) in [6, 6.07) is 34.8. The number of methoxy groups -OCH3 is 2. The summed E-state index contributed by atoms with van der Waals surface area (Å²) in [6.07, 6.45) is 3.85. The van der Waals surface area contributed by atoms with Crippen LogP contribution >= 0.6 is 0 Å². The van der Waals surface area contributed by atoms with Crippen LogP contribution in [0.25, 0.3) is 21.8 Å². The topological polar surface area (TPSA) is 177 Å². The molecule has 0 saturated carbocycles. The number of halogens is 2. The van der Waals surface area contributed by atoms with Gasteiger partial charge >= 0.3 is 11.8 Å². The fourth-order valence-electron chi connectivity index (χ4n) is 8.44. The van der Waals surface area contributed by atoms with Crippen LogP contribution in [-0.2, 0) is 22.6 Å². The fourth-order valence-corrected chi connectivity index (χ4v) is 8.44. The average Bonchev–Trinajstić information content (AvgIpc) is 3.41. The van der Waals surface area contributed by atoms with Gasteiger partial charge < -0.3 is 38.6 Å². The van der Waals surface area contributed by atoms with Gasteiger partial charge in [-0.15, -0.1) is 0 Å². The van der Waals surface area contributed by atoms with Crippen LogP contribution in [0.15, 0.2) is 140 Å². The van der Waals surface area contributed by atoms with E-state index in [1.54, 1.807) is 30.3 Å². The number of piperidine rings is 1. The SMILES string of the molecule is COc1cc2c(Oc3ccc([N+](=O)[O-])cc3F)cc(N(CCc3ccccc3)C(=O)C(=O)Nc3ccc(Oc4ccnc5cc(OCC6CCN(C)CC6)c(OC)cc45)c(F)c3)nc2cc1OCc1ccccc1. The molecule has 1 aliphatic rings. The molecule has 1 fully saturated rings. The highest BCUT2D eigenvalue weighted by molar-refractivity contribution is 6.44. The normalized spacial score (nSPS) is 12.8. The van der Waals surface area contributed by atoms with E-state index in [2.05, 4.69) is 22.2 Å². The number of nitrogens with one attached hydrogen (secondary N) is 1. The van der Waals surface area contributed by atoms with Crippen molar-refractivity contribution < 1.29 is 51.7 Å². The zero-order valence-electron chi connectivity index (χ0n) is 40.6. The Balaban J connectivity index is 1.00. The van der Waals surface area contributed by atoms with E-state index in [-0.39, 0.29) is 76.5 Å². The number of nitro groups is 1. The second-order valence-corrected chi connectivity index (χ2v) is 17.5. The molecule has 2 aromatic heterocycles. The van der Waals surface area contributed by atoms with E-state index in [0.29, 0.717) is 34.9 Å². The van der Waals surface area contributed by atoms with Gasteiger partial charge in [0, 0.05) is 59.5 Å². The lowest BCUT2D eigenvalue weighted by atomic mass is 9.98. The lowest BCUT2D eigenvalue weighted by molar-refractivity contribution is -0.385. The number of aromatic nitrogens is 2. The molecular formula is C56H50F2N6O10. The number of hydrogen-bond acceptors (Lipinski definition) is 13. The minimum absolute atomic E-state index is 0.0431. The minimum atomic E-state index is -1.14. The molecule has 16 nitrogen and oxygen atoms in total. The number of fused-ring (bicyclic) bond motifs is 2. The van der Waals surface area contributed by atoms with Crippen molar-refractivity contribution in [2.24, 2.45) is 5.92 Å². The summed E-state index contributed by atoms with van der Waals surface area (Å²) >= 11 is 0. The number of benzene rings is 6. The van der Waals surface area contributed by atoms with Gasteiger partial charge in [0.15, 0.2) is 46.1 Å². The zero-order chi connectivity index (χ0) is 51.7. The van der Waals surface area contributed by atoms with Crippen LogP contribution < -0.4 is 38.6 Å².